The summed E-state index contributed by atoms with van der Waals surface area (Å²) in [6.45, 7) is 3.75. The van der Waals surface area contributed by atoms with Crippen LogP contribution in [0.15, 0.2) is 94.6 Å². The molecule has 0 spiro atoms. The van der Waals surface area contributed by atoms with Crippen LogP contribution in [0.4, 0.5) is 0 Å². The van der Waals surface area contributed by atoms with Gasteiger partial charge in [0.15, 0.2) is 0 Å². The summed E-state index contributed by atoms with van der Waals surface area (Å²) in [5.41, 5.74) is 1.27. The zero-order chi connectivity index (χ0) is 22.2. The Kier molecular flexibility index (Phi) is 7.69. The molecule has 0 saturated heterocycles. The van der Waals surface area contributed by atoms with Gasteiger partial charge in [0.05, 0.1) is 6.61 Å². The van der Waals surface area contributed by atoms with Gasteiger partial charge in [0, 0.05) is 54.6 Å². The molecule has 2 aromatic heterocycles. The van der Waals surface area contributed by atoms with E-state index >= 15 is 0 Å². The summed E-state index contributed by atoms with van der Waals surface area (Å²) < 4.78 is 8.72. The number of benzene rings is 2. The van der Waals surface area contributed by atoms with E-state index in [2.05, 4.69) is 25.8 Å². The molecular formula is C26H26BrN3O2. The van der Waals surface area contributed by atoms with Crippen LogP contribution in [-0.4, -0.2) is 34.1 Å². The summed E-state index contributed by atoms with van der Waals surface area (Å²) in [4.78, 5) is 19.3. The normalized spacial score (nSPS) is 11.2. The van der Waals surface area contributed by atoms with Crippen molar-refractivity contribution in [1.82, 2.24) is 14.5 Å². The van der Waals surface area contributed by atoms with Gasteiger partial charge < -0.3 is 9.30 Å². The summed E-state index contributed by atoms with van der Waals surface area (Å²) in [7, 11) is 0. The fourth-order valence-corrected chi connectivity index (χ4v) is 3.94. The second-order valence-corrected chi connectivity index (χ2v) is 8.60. The Bertz CT molecular complexity index is 1190. The van der Waals surface area contributed by atoms with Crippen molar-refractivity contribution in [2.75, 3.05) is 19.7 Å². The second kappa shape index (κ2) is 11.1. The Labute approximate surface area is 196 Å². The highest BCUT2D eigenvalue weighted by Gasteiger charge is 2.09. The number of halogens is 1. The summed E-state index contributed by atoms with van der Waals surface area (Å²) in [6.07, 6.45) is 6.43. The fraction of sp³-hybridized carbons (Fsp3) is 0.231. The first-order valence-corrected chi connectivity index (χ1v) is 11.6. The molecule has 4 rings (SSSR count). The Balaban J connectivity index is 1.38. The number of hydrogen-bond donors (Lipinski definition) is 0. The van der Waals surface area contributed by atoms with Crippen molar-refractivity contribution in [1.29, 1.82) is 0 Å². The van der Waals surface area contributed by atoms with E-state index in [1.807, 2.05) is 85.3 Å². The monoisotopic (exact) mass is 491 g/mol. The lowest BCUT2D eigenvalue weighted by molar-refractivity contribution is 0.221. The molecule has 0 aliphatic heterocycles. The molecule has 164 valence electrons. The van der Waals surface area contributed by atoms with E-state index in [9.17, 15) is 4.79 Å². The van der Waals surface area contributed by atoms with Gasteiger partial charge in [-0.15, -0.1) is 0 Å². The van der Waals surface area contributed by atoms with Gasteiger partial charge in [-0.25, -0.2) is 0 Å². The van der Waals surface area contributed by atoms with E-state index < -0.39 is 0 Å². The first-order chi connectivity index (χ1) is 15.7. The first kappa shape index (κ1) is 22.2. The van der Waals surface area contributed by atoms with E-state index in [1.165, 1.54) is 5.56 Å². The van der Waals surface area contributed by atoms with Gasteiger partial charge in [-0.2, -0.15) is 0 Å². The van der Waals surface area contributed by atoms with Crippen molar-refractivity contribution in [3.63, 3.8) is 0 Å². The van der Waals surface area contributed by atoms with Crippen molar-refractivity contribution in [3.8, 4) is 5.75 Å². The van der Waals surface area contributed by atoms with Gasteiger partial charge in [0.25, 0.3) is 5.56 Å². The average Bonchev–Trinajstić information content (AvgIpc) is 2.83. The molecule has 2 aromatic carbocycles. The molecule has 0 radical (unpaired) electrons. The van der Waals surface area contributed by atoms with Crippen LogP contribution in [0.1, 0.15) is 12.0 Å². The number of pyridine rings is 2. The lowest BCUT2D eigenvalue weighted by Crippen LogP contribution is -2.32. The van der Waals surface area contributed by atoms with E-state index in [0.29, 0.717) is 13.2 Å². The first-order valence-electron chi connectivity index (χ1n) is 10.8. The maximum Gasteiger partial charge on any atom is 0.258 e. The molecule has 0 fully saturated rings. The molecule has 0 unspecified atom stereocenters. The van der Waals surface area contributed by atoms with Crippen molar-refractivity contribution in [2.45, 2.75) is 19.5 Å². The van der Waals surface area contributed by atoms with Crippen LogP contribution < -0.4 is 10.3 Å². The van der Waals surface area contributed by atoms with E-state index in [1.54, 1.807) is 4.57 Å². The minimum Gasteiger partial charge on any atom is -0.494 e. The third kappa shape index (κ3) is 6.05. The van der Waals surface area contributed by atoms with Crippen LogP contribution >= 0.6 is 15.9 Å². The van der Waals surface area contributed by atoms with Crippen molar-refractivity contribution < 1.29 is 4.74 Å². The number of ether oxygens (including phenoxy) is 1. The van der Waals surface area contributed by atoms with Crippen LogP contribution in [0.3, 0.4) is 0 Å². The number of aromatic nitrogens is 2. The molecule has 4 aromatic rings. The summed E-state index contributed by atoms with van der Waals surface area (Å²) >= 11 is 3.44. The quantitative estimate of drug-likeness (QED) is 0.288. The Morgan fingerprint density at radius 1 is 0.938 bits per heavy atom. The highest BCUT2D eigenvalue weighted by atomic mass is 79.9. The molecule has 32 heavy (non-hydrogen) atoms. The van der Waals surface area contributed by atoms with E-state index in [-0.39, 0.29) is 5.56 Å². The van der Waals surface area contributed by atoms with Crippen molar-refractivity contribution in [2.24, 2.45) is 0 Å². The third-order valence-corrected chi connectivity index (χ3v) is 5.93. The Hall–Kier alpha value is -2.96. The molecule has 0 bridgehead atoms. The molecule has 6 heteroatoms. The van der Waals surface area contributed by atoms with E-state index in [0.717, 1.165) is 47.0 Å². The Morgan fingerprint density at radius 2 is 1.72 bits per heavy atom. The largest absolute Gasteiger partial charge is 0.494 e. The minimum atomic E-state index is 0.0607. The zero-order valence-electron chi connectivity index (χ0n) is 17.9. The van der Waals surface area contributed by atoms with Gasteiger partial charge in [0.2, 0.25) is 0 Å². The Morgan fingerprint density at radius 3 is 2.53 bits per heavy atom. The lowest BCUT2D eigenvalue weighted by Gasteiger charge is -2.23. The number of fused-ring (bicyclic) bond motifs is 1. The number of nitrogens with zero attached hydrogens (tertiary/aromatic N) is 3. The predicted molar refractivity (Wildman–Crippen MR) is 132 cm³/mol. The van der Waals surface area contributed by atoms with Crippen molar-refractivity contribution >= 4 is 26.7 Å². The van der Waals surface area contributed by atoms with E-state index in [4.69, 9.17) is 4.74 Å². The molecule has 5 nitrogen and oxygen atoms in total. The number of hydrogen-bond acceptors (Lipinski definition) is 4. The van der Waals surface area contributed by atoms with Gasteiger partial charge in [-0.05, 0) is 65.9 Å². The molecule has 0 aliphatic rings. The number of rotatable bonds is 10. The van der Waals surface area contributed by atoms with Crippen LogP contribution in [-0.2, 0) is 13.1 Å². The summed E-state index contributed by atoms with van der Waals surface area (Å²) in [6, 6.07) is 21.7. The van der Waals surface area contributed by atoms with Gasteiger partial charge in [-0.3, -0.25) is 14.7 Å². The van der Waals surface area contributed by atoms with Crippen LogP contribution in [0.2, 0.25) is 0 Å². The van der Waals surface area contributed by atoms with Crippen molar-refractivity contribution in [3.05, 3.63) is 106 Å². The van der Waals surface area contributed by atoms with Gasteiger partial charge >= 0.3 is 0 Å². The highest BCUT2D eigenvalue weighted by Crippen LogP contribution is 2.16. The summed E-state index contributed by atoms with van der Waals surface area (Å²) in [5, 5.41) is 1.74. The van der Waals surface area contributed by atoms with Gasteiger partial charge in [0.1, 0.15) is 5.75 Å². The van der Waals surface area contributed by atoms with Crippen LogP contribution in [0.25, 0.3) is 10.8 Å². The molecule has 0 N–H and O–H groups in total. The summed E-state index contributed by atoms with van der Waals surface area (Å²) in [5.74, 6) is 0.872. The zero-order valence-corrected chi connectivity index (χ0v) is 19.4. The molecule has 0 amide bonds. The molecule has 0 aliphatic carbocycles. The maximum absolute atomic E-state index is 12.9. The predicted octanol–water partition coefficient (Wildman–Crippen LogP) is 5.13. The average molecular weight is 492 g/mol. The maximum atomic E-state index is 12.9. The van der Waals surface area contributed by atoms with Gasteiger partial charge in [-0.1, -0.05) is 34.1 Å². The third-order valence-electron chi connectivity index (χ3n) is 5.40. The van der Waals surface area contributed by atoms with Crippen LogP contribution in [0, 0.1) is 0 Å². The topological polar surface area (TPSA) is 47.4 Å². The standard InChI is InChI=1S/C26H26BrN3O2/c27-23-6-8-24(9-7-23)32-19-3-15-29(20-21-10-13-28-14-11-21)17-18-30-16-12-22-4-1-2-5-25(22)26(30)31/h1-2,4-14,16H,3,15,17-20H2. The second-order valence-electron chi connectivity index (χ2n) is 7.69. The SMILES string of the molecule is O=c1c2ccccc2ccn1CCN(CCCOc1ccc(Br)cc1)Cc1ccncc1. The fourth-order valence-electron chi connectivity index (χ4n) is 3.68. The highest BCUT2D eigenvalue weighted by molar-refractivity contribution is 9.10. The molecule has 0 saturated carbocycles. The molecule has 2 heterocycles. The molecule has 0 atom stereocenters. The molecular weight excluding hydrogens is 466 g/mol. The lowest BCUT2D eigenvalue weighted by atomic mass is 10.2. The smallest absolute Gasteiger partial charge is 0.258 e. The minimum absolute atomic E-state index is 0.0607. The van der Waals surface area contributed by atoms with Crippen LogP contribution in [0.5, 0.6) is 5.75 Å².